The molecule has 0 atom stereocenters. The van der Waals surface area contributed by atoms with Crippen molar-refractivity contribution in [3.63, 3.8) is 0 Å². The van der Waals surface area contributed by atoms with Crippen LogP contribution >= 0.6 is 0 Å². The van der Waals surface area contributed by atoms with Crippen LogP contribution in [0.25, 0.3) is 0 Å². The van der Waals surface area contributed by atoms with Crippen molar-refractivity contribution in [3.8, 4) is 0 Å². The highest BCUT2D eigenvalue weighted by molar-refractivity contribution is 7.90. The Morgan fingerprint density at radius 1 is 1.33 bits per heavy atom. The van der Waals surface area contributed by atoms with Gasteiger partial charge in [0.05, 0.1) is 0 Å². The third-order valence-corrected chi connectivity index (χ3v) is 5.87. The van der Waals surface area contributed by atoms with E-state index in [0.717, 1.165) is 19.3 Å². The maximum atomic E-state index is 14.8. The van der Waals surface area contributed by atoms with Gasteiger partial charge in [0.15, 0.2) is 11.6 Å². The Bertz CT molecular complexity index is 974. The minimum atomic E-state index is -3.95. The van der Waals surface area contributed by atoms with Gasteiger partial charge in [-0.25, -0.2) is 9.37 Å². The van der Waals surface area contributed by atoms with Crippen molar-refractivity contribution in [2.75, 3.05) is 4.72 Å². The SMILES string of the molecule is CC1(NS(=O)(=O)Nc2nccc(Cc3cccc(C(N)=O)c3)c2F)CCC1. The molecular weight excluding hydrogens is 371 g/mol. The molecule has 1 aliphatic rings. The van der Waals surface area contributed by atoms with Crippen molar-refractivity contribution in [2.24, 2.45) is 5.73 Å². The molecule has 0 saturated heterocycles. The Balaban J connectivity index is 1.79. The number of amides is 1. The first-order chi connectivity index (χ1) is 12.7. The largest absolute Gasteiger partial charge is 0.366 e. The zero-order chi connectivity index (χ0) is 19.7. The molecule has 4 N–H and O–H groups in total. The van der Waals surface area contributed by atoms with Crippen molar-refractivity contribution in [3.05, 3.63) is 59.0 Å². The van der Waals surface area contributed by atoms with Gasteiger partial charge in [-0.3, -0.25) is 9.52 Å². The highest BCUT2D eigenvalue weighted by Gasteiger charge is 2.36. The summed E-state index contributed by atoms with van der Waals surface area (Å²) in [5, 5.41) is 0. The quantitative estimate of drug-likeness (QED) is 0.669. The predicted octanol–water partition coefficient (Wildman–Crippen LogP) is 2.10. The third kappa shape index (κ3) is 4.61. The van der Waals surface area contributed by atoms with E-state index < -0.39 is 27.5 Å². The molecule has 0 radical (unpaired) electrons. The van der Waals surface area contributed by atoms with E-state index in [2.05, 4.69) is 14.4 Å². The van der Waals surface area contributed by atoms with Crippen LogP contribution in [0.3, 0.4) is 0 Å². The van der Waals surface area contributed by atoms with Crippen LogP contribution in [0.4, 0.5) is 10.2 Å². The molecule has 1 aromatic heterocycles. The zero-order valence-corrected chi connectivity index (χ0v) is 15.6. The van der Waals surface area contributed by atoms with Gasteiger partial charge in [0, 0.05) is 23.7 Å². The Morgan fingerprint density at radius 3 is 2.70 bits per heavy atom. The number of halogens is 1. The molecule has 1 amide bonds. The summed E-state index contributed by atoms with van der Waals surface area (Å²) in [4.78, 5) is 15.1. The highest BCUT2D eigenvalue weighted by atomic mass is 32.2. The number of benzene rings is 1. The van der Waals surface area contributed by atoms with Crippen LogP contribution in [-0.4, -0.2) is 24.8 Å². The molecule has 144 valence electrons. The zero-order valence-electron chi connectivity index (χ0n) is 14.8. The molecule has 1 aliphatic carbocycles. The number of nitrogens with zero attached hydrogens (tertiary/aromatic N) is 1. The maximum Gasteiger partial charge on any atom is 0.300 e. The number of hydrogen-bond acceptors (Lipinski definition) is 4. The Kier molecular flexibility index (Phi) is 5.16. The number of aromatic nitrogens is 1. The van der Waals surface area contributed by atoms with Gasteiger partial charge in [-0.15, -0.1) is 0 Å². The van der Waals surface area contributed by atoms with Gasteiger partial charge in [0.1, 0.15) is 0 Å². The summed E-state index contributed by atoms with van der Waals surface area (Å²) in [6.45, 7) is 1.81. The van der Waals surface area contributed by atoms with Crippen LogP contribution < -0.4 is 15.2 Å². The smallest absolute Gasteiger partial charge is 0.300 e. The first-order valence-electron chi connectivity index (χ1n) is 8.51. The number of nitrogens with one attached hydrogen (secondary N) is 2. The Labute approximate surface area is 157 Å². The van der Waals surface area contributed by atoms with Gasteiger partial charge in [0.25, 0.3) is 0 Å². The lowest BCUT2D eigenvalue weighted by Gasteiger charge is -2.38. The second-order valence-electron chi connectivity index (χ2n) is 7.00. The van der Waals surface area contributed by atoms with Gasteiger partial charge in [-0.2, -0.15) is 13.1 Å². The second kappa shape index (κ2) is 7.24. The lowest BCUT2D eigenvalue weighted by Crippen LogP contribution is -2.52. The van der Waals surface area contributed by atoms with E-state index in [1.165, 1.54) is 12.3 Å². The second-order valence-corrected chi connectivity index (χ2v) is 8.41. The normalized spacial score (nSPS) is 15.8. The topological polar surface area (TPSA) is 114 Å². The average Bonchev–Trinajstić information content (AvgIpc) is 2.57. The molecule has 27 heavy (non-hydrogen) atoms. The summed E-state index contributed by atoms with van der Waals surface area (Å²) in [7, 11) is -3.95. The van der Waals surface area contributed by atoms with Crippen molar-refractivity contribution in [2.45, 2.75) is 38.1 Å². The lowest BCUT2D eigenvalue weighted by molar-refractivity contribution is 0.1000. The number of rotatable bonds is 7. The fourth-order valence-electron chi connectivity index (χ4n) is 3.03. The number of hydrogen-bond donors (Lipinski definition) is 3. The molecule has 2 aromatic rings. The van der Waals surface area contributed by atoms with E-state index in [9.17, 15) is 17.6 Å². The molecular formula is C18H21FN4O3S. The van der Waals surface area contributed by atoms with Gasteiger partial charge < -0.3 is 5.73 Å². The van der Waals surface area contributed by atoms with Crippen molar-refractivity contribution >= 4 is 21.9 Å². The van der Waals surface area contributed by atoms with Crippen LogP contribution in [0.2, 0.25) is 0 Å². The molecule has 0 unspecified atom stereocenters. The number of carbonyl (C=O) groups excluding carboxylic acids is 1. The molecule has 3 rings (SSSR count). The minimum absolute atomic E-state index is 0.162. The molecule has 0 spiro atoms. The molecule has 7 nitrogen and oxygen atoms in total. The van der Waals surface area contributed by atoms with Crippen molar-refractivity contribution in [1.82, 2.24) is 9.71 Å². The molecule has 1 saturated carbocycles. The number of carbonyl (C=O) groups is 1. The average molecular weight is 392 g/mol. The molecule has 0 bridgehead atoms. The molecule has 1 fully saturated rings. The van der Waals surface area contributed by atoms with Crippen LogP contribution in [0.1, 0.15) is 47.7 Å². The summed E-state index contributed by atoms with van der Waals surface area (Å²) >= 11 is 0. The molecule has 1 aromatic carbocycles. The molecule has 0 aliphatic heterocycles. The van der Waals surface area contributed by atoms with E-state index >= 15 is 0 Å². The van der Waals surface area contributed by atoms with E-state index in [1.54, 1.807) is 24.3 Å². The van der Waals surface area contributed by atoms with Crippen LogP contribution in [-0.2, 0) is 16.6 Å². The summed E-state index contributed by atoms with van der Waals surface area (Å²) < 4.78 is 44.0. The van der Waals surface area contributed by atoms with Crippen LogP contribution in [0, 0.1) is 5.82 Å². The van der Waals surface area contributed by atoms with Gasteiger partial charge in [0.2, 0.25) is 5.91 Å². The summed E-state index contributed by atoms with van der Waals surface area (Å²) in [6, 6.07) is 7.99. The van der Waals surface area contributed by atoms with E-state index in [4.69, 9.17) is 5.73 Å². The maximum absolute atomic E-state index is 14.8. The first kappa shape index (κ1) is 19.2. The number of nitrogens with two attached hydrogens (primary N) is 1. The highest BCUT2D eigenvalue weighted by Crippen LogP contribution is 2.32. The fourth-order valence-corrected chi connectivity index (χ4v) is 4.33. The Morgan fingerprint density at radius 2 is 2.07 bits per heavy atom. The number of anilines is 1. The monoisotopic (exact) mass is 392 g/mol. The Hall–Kier alpha value is -2.52. The third-order valence-electron chi connectivity index (χ3n) is 4.64. The van der Waals surface area contributed by atoms with E-state index in [1.807, 2.05) is 6.92 Å². The predicted molar refractivity (Wildman–Crippen MR) is 99.9 cm³/mol. The number of pyridine rings is 1. The molecule has 1 heterocycles. The first-order valence-corrected chi connectivity index (χ1v) is 10.00. The van der Waals surface area contributed by atoms with Gasteiger partial charge in [-0.05, 0) is 55.5 Å². The molecule has 9 heteroatoms. The summed E-state index contributed by atoms with van der Waals surface area (Å²) in [6.07, 6.45) is 3.92. The van der Waals surface area contributed by atoms with Crippen molar-refractivity contribution in [1.29, 1.82) is 0 Å². The summed E-state index contributed by atoms with van der Waals surface area (Å²) in [5.41, 5.74) is 6.00. The standard InChI is InChI=1S/C18H21FN4O3S/c1-18(7-3-8-18)23-27(25,26)22-17-15(19)13(6-9-21-17)10-12-4-2-5-14(11-12)16(20)24/h2,4-6,9,11,23H,3,7-8,10H2,1H3,(H2,20,24)(H,21,22). The van der Waals surface area contributed by atoms with Crippen LogP contribution in [0.15, 0.2) is 36.5 Å². The van der Waals surface area contributed by atoms with Crippen LogP contribution in [0.5, 0.6) is 0 Å². The number of primary amides is 1. The van der Waals surface area contributed by atoms with E-state index in [0.29, 0.717) is 11.1 Å². The lowest BCUT2D eigenvalue weighted by atomic mass is 9.80. The summed E-state index contributed by atoms with van der Waals surface area (Å²) in [5.74, 6) is -1.70. The van der Waals surface area contributed by atoms with Gasteiger partial charge >= 0.3 is 10.2 Å². The van der Waals surface area contributed by atoms with E-state index in [-0.39, 0.29) is 17.8 Å². The van der Waals surface area contributed by atoms with Gasteiger partial charge in [-0.1, -0.05) is 12.1 Å². The van der Waals surface area contributed by atoms with Crippen molar-refractivity contribution < 1.29 is 17.6 Å². The minimum Gasteiger partial charge on any atom is -0.366 e. The fraction of sp³-hybridized carbons (Fsp3) is 0.333.